The number of anilines is 2. The number of hydrogen-bond acceptors (Lipinski definition) is 7. The lowest BCUT2D eigenvalue weighted by atomic mass is 10.2. The van der Waals surface area contributed by atoms with Gasteiger partial charge >= 0.3 is 0 Å². The van der Waals surface area contributed by atoms with Crippen LogP contribution in [0.4, 0.5) is 11.6 Å². The fourth-order valence-corrected chi connectivity index (χ4v) is 3.89. The van der Waals surface area contributed by atoms with Crippen LogP contribution in [0.1, 0.15) is 5.56 Å². The number of aromatic amines is 1. The Kier molecular flexibility index (Phi) is 5.20. The van der Waals surface area contributed by atoms with E-state index in [1.165, 1.54) is 12.6 Å². The molecule has 0 fully saturated rings. The van der Waals surface area contributed by atoms with Crippen LogP contribution < -0.4 is 10.1 Å². The third kappa shape index (κ3) is 4.38. The van der Waals surface area contributed by atoms with Gasteiger partial charge in [-0.15, -0.1) is 0 Å². The average Bonchev–Trinajstić information content (AvgIpc) is 3.20. The van der Waals surface area contributed by atoms with Crippen LogP contribution in [0.25, 0.3) is 10.9 Å². The van der Waals surface area contributed by atoms with Crippen molar-refractivity contribution >= 4 is 48.3 Å². The number of halogens is 1. The summed E-state index contributed by atoms with van der Waals surface area (Å²) in [5.74, 6) is 1.86. The van der Waals surface area contributed by atoms with Gasteiger partial charge < -0.3 is 10.1 Å². The Balaban J connectivity index is 1.60. The number of ether oxygens (including phenoxy) is 1. The Bertz CT molecular complexity index is 1280. The van der Waals surface area contributed by atoms with E-state index in [4.69, 9.17) is 4.74 Å². The summed E-state index contributed by atoms with van der Waals surface area (Å²) in [6, 6.07) is 12.2. The molecule has 4 aromatic rings. The zero-order chi connectivity index (χ0) is 20.4. The van der Waals surface area contributed by atoms with Gasteiger partial charge in [-0.25, -0.2) is 18.4 Å². The molecule has 2 N–H and O–H groups in total. The number of fused-ring (bicyclic) bond motifs is 1. The quantitative estimate of drug-likeness (QED) is 0.437. The molecule has 0 atom stereocenters. The number of hydrogen-bond donors (Lipinski definition) is 2. The first kappa shape index (κ1) is 19.3. The molecule has 0 saturated carbocycles. The Morgan fingerprint density at radius 3 is 2.79 bits per heavy atom. The minimum atomic E-state index is -3.27. The van der Waals surface area contributed by atoms with Crippen molar-refractivity contribution in [3.8, 4) is 5.75 Å². The first-order valence-corrected chi connectivity index (χ1v) is 11.2. The topological polar surface area (TPSA) is 110 Å². The summed E-state index contributed by atoms with van der Waals surface area (Å²) in [6.07, 6.45) is 4.36. The standard InChI is InChI=1S/C19H16BrN5O3S/c1-29(26,27)13-4-2-3-12(7-13)10-28-17-9-16-14(8-15(17)20)19(22-11-21-16)24-18-5-6-23-25-18/h2-9,11H,10H2,1H3,(H2,21,22,23,24,25). The molecule has 0 aliphatic rings. The Morgan fingerprint density at radius 1 is 1.17 bits per heavy atom. The summed E-state index contributed by atoms with van der Waals surface area (Å²) >= 11 is 3.52. The molecule has 2 heterocycles. The molecule has 0 aliphatic heterocycles. The second-order valence-corrected chi connectivity index (χ2v) is 9.18. The highest BCUT2D eigenvalue weighted by Crippen LogP contribution is 2.33. The number of aromatic nitrogens is 4. The van der Waals surface area contributed by atoms with Gasteiger partial charge in [-0.05, 0) is 39.7 Å². The molecule has 0 saturated heterocycles. The molecule has 2 aromatic carbocycles. The van der Waals surface area contributed by atoms with E-state index < -0.39 is 9.84 Å². The lowest BCUT2D eigenvalue weighted by Crippen LogP contribution is -2.01. The highest BCUT2D eigenvalue weighted by Gasteiger charge is 2.12. The van der Waals surface area contributed by atoms with Crippen molar-refractivity contribution in [2.45, 2.75) is 11.5 Å². The van der Waals surface area contributed by atoms with Crippen LogP contribution in [-0.2, 0) is 16.4 Å². The van der Waals surface area contributed by atoms with Crippen molar-refractivity contribution in [2.24, 2.45) is 0 Å². The number of benzene rings is 2. The maximum Gasteiger partial charge on any atom is 0.175 e. The highest BCUT2D eigenvalue weighted by atomic mass is 79.9. The van der Waals surface area contributed by atoms with Crippen LogP contribution in [-0.4, -0.2) is 34.8 Å². The number of nitrogens with zero attached hydrogens (tertiary/aromatic N) is 3. The van der Waals surface area contributed by atoms with E-state index in [9.17, 15) is 8.42 Å². The van der Waals surface area contributed by atoms with Gasteiger partial charge in [0.15, 0.2) is 15.7 Å². The molecule has 148 valence electrons. The van der Waals surface area contributed by atoms with Crippen molar-refractivity contribution in [3.05, 3.63) is 65.0 Å². The van der Waals surface area contributed by atoms with Gasteiger partial charge in [-0.2, -0.15) is 5.10 Å². The van der Waals surface area contributed by atoms with Gasteiger partial charge in [0.1, 0.15) is 24.5 Å². The smallest absolute Gasteiger partial charge is 0.175 e. The summed E-state index contributed by atoms with van der Waals surface area (Å²) < 4.78 is 30.1. The van der Waals surface area contributed by atoms with Gasteiger partial charge in [0.05, 0.1) is 14.9 Å². The zero-order valence-corrected chi connectivity index (χ0v) is 17.7. The molecule has 8 nitrogen and oxygen atoms in total. The van der Waals surface area contributed by atoms with Crippen molar-refractivity contribution in [3.63, 3.8) is 0 Å². The fraction of sp³-hybridized carbons (Fsp3) is 0.105. The summed E-state index contributed by atoms with van der Waals surface area (Å²) in [5.41, 5.74) is 1.45. The lowest BCUT2D eigenvalue weighted by molar-refractivity contribution is 0.304. The highest BCUT2D eigenvalue weighted by molar-refractivity contribution is 9.10. The summed E-state index contributed by atoms with van der Waals surface area (Å²) in [5, 5.41) is 10.8. The van der Waals surface area contributed by atoms with Crippen LogP contribution in [0.3, 0.4) is 0 Å². The predicted octanol–water partition coefficient (Wildman–Crippen LogP) is 3.84. The van der Waals surface area contributed by atoms with E-state index in [1.54, 1.807) is 36.5 Å². The minimum absolute atomic E-state index is 0.219. The van der Waals surface area contributed by atoms with Crippen molar-refractivity contribution < 1.29 is 13.2 Å². The van der Waals surface area contributed by atoms with Gasteiger partial charge in [-0.3, -0.25) is 5.10 Å². The third-order valence-electron chi connectivity index (χ3n) is 4.16. The van der Waals surface area contributed by atoms with E-state index in [1.807, 2.05) is 12.1 Å². The van der Waals surface area contributed by atoms with E-state index >= 15 is 0 Å². The predicted molar refractivity (Wildman–Crippen MR) is 113 cm³/mol. The molecule has 2 aromatic heterocycles. The Labute approximate surface area is 175 Å². The Morgan fingerprint density at radius 2 is 2.03 bits per heavy atom. The second-order valence-electron chi connectivity index (χ2n) is 6.31. The molecular weight excluding hydrogens is 458 g/mol. The van der Waals surface area contributed by atoms with E-state index in [2.05, 4.69) is 41.4 Å². The van der Waals surface area contributed by atoms with Gasteiger partial charge in [0.25, 0.3) is 0 Å². The SMILES string of the molecule is CS(=O)(=O)c1cccc(COc2cc3ncnc(Nc4cc[nH]n4)c3cc2Br)c1. The maximum atomic E-state index is 11.7. The van der Waals surface area contributed by atoms with Crippen LogP contribution >= 0.6 is 15.9 Å². The molecular formula is C19H16BrN5O3S. The maximum absolute atomic E-state index is 11.7. The molecule has 0 unspecified atom stereocenters. The largest absolute Gasteiger partial charge is 0.488 e. The van der Waals surface area contributed by atoms with E-state index in [0.29, 0.717) is 22.9 Å². The molecule has 0 aliphatic carbocycles. The number of H-pyrrole nitrogens is 1. The average molecular weight is 474 g/mol. The minimum Gasteiger partial charge on any atom is -0.488 e. The molecule has 0 amide bonds. The molecule has 0 radical (unpaired) electrons. The van der Waals surface area contributed by atoms with Crippen molar-refractivity contribution in [1.29, 1.82) is 0 Å². The molecule has 29 heavy (non-hydrogen) atoms. The molecule has 0 spiro atoms. The first-order valence-electron chi connectivity index (χ1n) is 8.53. The number of nitrogens with one attached hydrogen (secondary N) is 2. The van der Waals surface area contributed by atoms with Crippen LogP contribution in [0.5, 0.6) is 5.75 Å². The summed E-state index contributed by atoms with van der Waals surface area (Å²) in [4.78, 5) is 8.86. The van der Waals surface area contributed by atoms with Crippen LogP contribution in [0.15, 0.2) is 64.4 Å². The van der Waals surface area contributed by atoms with Crippen molar-refractivity contribution in [2.75, 3.05) is 11.6 Å². The van der Waals surface area contributed by atoms with E-state index in [-0.39, 0.29) is 11.5 Å². The lowest BCUT2D eigenvalue weighted by Gasteiger charge is -2.12. The number of sulfone groups is 1. The van der Waals surface area contributed by atoms with Gasteiger partial charge in [-0.1, -0.05) is 12.1 Å². The van der Waals surface area contributed by atoms with Crippen LogP contribution in [0, 0.1) is 0 Å². The third-order valence-corrected chi connectivity index (χ3v) is 5.89. The normalized spacial score (nSPS) is 11.5. The summed E-state index contributed by atoms with van der Waals surface area (Å²) in [7, 11) is -3.27. The molecule has 4 rings (SSSR count). The first-order chi connectivity index (χ1) is 13.9. The van der Waals surface area contributed by atoms with Gasteiger partial charge in [0.2, 0.25) is 0 Å². The second kappa shape index (κ2) is 7.80. The molecule has 10 heteroatoms. The fourth-order valence-electron chi connectivity index (χ4n) is 2.75. The Hall–Kier alpha value is -2.98. The van der Waals surface area contributed by atoms with E-state index in [0.717, 1.165) is 15.4 Å². The summed E-state index contributed by atoms with van der Waals surface area (Å²) in [6.45, 7) is 0.219. The van der Waals surface area contributed by atoms with Crippen molar-refractivity contribution in [1.82, 2.24) is 20.2 Å². The van der Waals surface area contributed by atoms with Gasteiger partial charge in [0, 0.05) is 30.0 Å². The van der Waals surface area contributed by atoms with Crippen LogP contribution in [0.2, 0.25) is 0 Å². The number of rotatable bonds is 6. The zero-order valence-electron chi connectivity index (χ0n) is 15.3. The molecule has 0 bridgehead atoms. The monoisotopic (exact) mass is 473 g/mol.